The largest absolute Gasteiger partial charge is 0.369 e. The summed E-state index contributed by atoms with van der Waals surface area (Å²) >= 11 is 1.47. The Bertz CT molecular complexity index is 1390. The highest BCUT2D eigenvalue weighted by molar-refractivity contribution is 7.91. The lowest BCUT2D eigenvalue weighted by molar-refractivity contribution is -0.125. The SMILES string of the molecule is N#CC1(CC(=O)[C@@H]2CCCC[C@H]2c2nc(C3CC(F)(F)C3)sc2-c2ccc(N3CCS(=O)(=O)CC3)cc2)CC1. The molecule has 3 aliphatic carbocycles. The lowest BCUT2D eigenvalue weighted by atomic mass is 9.73. The molecule has 208 valence electrons. The van der Waals surface area contributed by atoms with Crippen molar-refractivity contribution in [3.63, 3.8) is 0 Å². The van der Waals surface area contributed by atoms with Gasteiger partial charge in [0.15, 0.2) is 9.84 Å². The summed E-state index contributed by atoms with van der Waals surface area (Å²) in [6, 6.07) is 10.3. The van der Waals surface area contributed by atoms with Crippen LogP contribution in [0.1, 0.15) is 80.3 Å². The van der Waals surface area contributed by atoms with Crippen molar-refractivity contribution in [2.45, 2.75) is 75.5 Å². The third-order valence-electron chi connectivity index (χ3n) is 9.08. The van der Waals surface area contributed by atoms with E-state index in [-0.39, 0.29) is 47.9 Å². The van der Waals surface area contributed by atoms with Crippen LogP contribution < -0.4 is 4.90 Å². The molecule has 0 unspecified atom stereocenters. The highest BCUT2D eigenvalue weighted by Crippen LogP contribution is 2.54. The standard InChI is InChI=1S/C29H33F2N3O3S2/c30-29(31)15-20(16-29)27-33-25(23-4-2-1-3-22(23)24(35)17-28(18-32)9-10-28)26(38-27)19-5-7-21(8-6-19)34-11-13-39(36,37)14-12-34/h5-8,20,22-23H,1-4,9-17H2/t22-,23-/m1/s1. The number of carbonyl (C=O) groups excluding carboxylic acids is 1. The maximum absolute atomic E-state index is 13.8. The number of halogens is 2. The van der Waals surface area contributed by atoms with Crippen LogP contribution in [0.5, 0.6) is 0 Å². The third kappa shape index (κ3) is 5.49. The normalized spacial score (nSPS) is 27.4. The monoisotopic (exact) mass is 573 g/mol. The maximum Gasteiger partial charge on any atom is 0.249 e. The minimum Gasteiger partial charge on any atom is -0.369 e. The maximum atomic E-state index is 13.8. The number of Topliss-reactive ketones (excluding diaryl/α,β-unsaturated/α-hetero) is 1. The highest BCUT2D eigenvalue weighted by Gasteiger charge is 2.49. The number of hydrogen-bond donors (Lipinski definition) is 0. The quantitative estimate of drug-likeness (QED) is 0.398. The molecule has 39 heavy (non-hydrogen) atoms. The van der Waals surface area contributed by atoms with E-state index in [9.17, 15) is 27.3 Å². The summed E-state index contributed by atoms with van der Waals surface area (Å²) in [7, 11) is -2.97. The van der Waals surface area contributed by atoms with E-state index >= 15 is 0 Å². The van der Waals surface area contributed by atoms with Gasteiger partial charge in [0.2, 0.25) is 5.92 Å². The van der Waals surface area contributed by atoms with Crippen LogP contribution >= 0.6 is 11.3 Å². The van der Waals surface area contributed by atoms with E-state index in [1.54, 1.807) is 0 Å². The van der Waals surface area contributed by atoms with E-state index in [4.69, 9.17) is 4.98 Å². The molecular weight excluding hydrogens is 540 g/mol. The van der Waals surface area contributed by atoms with Gasteiger partial charge in [-0.05, 0) is 43.4 Å². The molecule has 1 aromatic heterocycles. The molecule has 0 spiro atoms. The molecule has 10 heteroatoms. The van der Waals surface area contributed by atoms with Gasteiger partial charge >= 0.3 is 0 Å². The van der Waals surface area contributed by atoms with Crippen LogP contribution in [0.25, 0.3) is 10.4 Å². The summed E-state index contributed by atoms with van der Waals surface area (Å²) in [5, 5.41) is 10.3. The first-order valence-electron chi connectivity index (χ1n) is 14.0. The Morgan fingerprint density at radius 2 is 1.77 bits per heavy atom. The molecule has 4 fully saturated rings. The molecule has 1 aromatic carbocycles. The Labute approximate surface area is 232 Å². The Morgan fingerprint density at radius 3 is 2.38 bits per heavy atom. The second-order valence-corrected chi connectivity index (χ2v) is 15.3. The number of aromatic nitrogens is 1. The van der Waals surface area contributed by atoms with Crippen molar-refractivity contribution in [2.75, 3.05) is 29.5 Å². The summed E-state index contributed by atoms with van der Waals surface area (Å²) in [6.45, 7) is 0.924. The summed E-state index contributed by atoms with van der Waals surface area (Å²) in [5.41, 5.74) is 2.26. The van der Waals surface area contributed by atoms with Gasteiger partial charge in [-0.15, -0.1) is 11.3 Å². The van der Waals surface area contributed by atoms with Crippen LogP contribution in [0, 0.1) is 22.7 Å². The Balaban J connectivity index is 1.30. The van der Waals surface area contributed by atoms with Gasteiger partial charge < -0.3 is 4.90 Å². The van der Waals surface area contributed by atoms with Gasteiger partial charge in [0, 0.05) is 55.8 Å². The van der Waals surface area contributed by atoms with Crippen molar-refractivity contribution >= 4 is 32.6 Å². The minimum absolute atomic E-state index is 0.0756. The average molecular weight is 574 g/mol. The summed E-state index contributed by atoms with van der Waals surface area (Å²) < 4.78 is 51.2. The molecule has 4 aliphatic rings. The Kier molecular flexibility index (Phi) is 6.82. The average Bonchev–Trinajstić information content (AvgIpc) is 3.54. The minimum atomic E-state index is -2.97. The molecule has 2 heterocycles. The number of nitrogens with zero attached hydrogens (tertiary/aromatic N) is 3. The molecular formula is C29H33F2N3O3S2. The number of thiazole rings is 1. The molecule has 0 amide bonds. The molecule has 2 aromatic rings. The van der Waals surface area contributed by atoms with E-state index in [0.717, 1.165) is 65.4 Å². The van der Waals surface area contributed by atoms with Crippen LogP contribution in [0.2, 0.25) is 0 Å². The summed E-state index contributed by atoms with van der Waals surface area (Å²) in [4.78, 5) is 21.5. The van der Waals surface area contributed by atoms with Crippen molar-refractivity contribution in [2.24, 2.45) is 11.3 Å². The fourth-order valence-electron chi connectivity index (χ4n) is 6.40. The number of anilines is 1. The molecule has 2 atom stereocenters. The Morgan fingerprint density at radius 1 is 1.10 bits per heavy atom. The van der Waals surface area contributed by atoms with Gasteiger partial charge in [0.1, 0.15) is 5.78 Å². The number of ketones is 1. The predicted octanol–water partition coefficient (Wildman–Crippen LogP) is 6.09. The fraction of sp³-hybridized carbons (Fsp3) is 0.621. The first-order chi connectivity index (χ1) is 18.6. The lowest BCUT2D eigenvalue weighted by Crippen LogP contribution is -2.40. The smallest absolute Gasteiger partial charge is 0.249 e. The van der Waals surface area contributed by atoms with Crippen LogP contribution in [-0.2, 0) is 14.6 Å². The van der Waals surface area contributed by atoms with Gasteiger partial charge in [-0.25, -0.2) is 22.2 Å². The zero-order valence-corrected chi connectivity index (χ0v) is 23.5. The number of nitriles is 1. The van der Waals surface area contributed by atoms with Crippen molar-refractivity contribution in [3.05, 3.63) is 35.0 Å². The fourth-order valence-corrected chi connectivity index (χ4v) is 8.84. The molecule has 3 saturated carbocycles. The van der Waals surface area contributed by atoms with E-state index in [1.807, 2.05) is 24.3 Å². The van der Waals surface area contributed by atoms with Crippen LogP contribution in [-0.4, -0.2) is 49.7 Å². The number of hydrogen-bond acceptors (Lipinski definition) is 7. The molecule has 0 bridgehead atoms. The van der Waals surface area contributed by atoms with Crippen molar-refractivity contribution in [3.8, 4) is 16.5 Å². The van der Waals surface area contributed by atoms with Crippen LogP contribution in [0.3, 0.4) is 0 Å². The molecule has 6 nitrogen and oxygen atoms in total. The second-order valence-electron chi connectivity index (χ2n) is 11.9. The molecule has 0 N–H and O–H groups in total. The first-order valence-corrected chi connectivity index (χ1v) is 16.6. The van der Waals surface area contributed by atoms with E-state index in [0.29, 0.717) is 19.5 Å². The van der Waals surface area contributed by atoms with E-state index in [1.165, 1.54) is 11.3 Å². The van der Waals surface area contributed by atoms with E-state index < -0.39 is 21.2 Å². The predicted molar refractivity (Wildman–Crippen MR) is 147 cm³/mol. The van der Waals surface area contributed by atoms with Crippen LogP contribution in [0.4, 0.5) is 14.5 Å². The van der Waals surface area contributed by atoms with Crippen molar-refractivity contribution in [1.82, 2.24) is 4.98 Å². The summed E-state index contributed by atoms with van der Waals surface area (Å²) in [6.07, 6.45) is 5.04. The molecule has 6 rings (SSSR count). The first kappa shape index (κ1) is 26.8. The highest BCUT2D eigenvalue weighted by atomic mass is 32.2. The number of rotatable bonds is 7. The summed E-state index contributed by atoms with van der Waals surface area (Å²) in [5.74, 6) is -2.74. The Hall–Kier alpha value is -2.38. The number of alkyl halides is 2. The van der Waals surface area contributed by atoms with Gasteiger partial charge in [-0.1, -0.05) is 25.0 Å². The van der Waals surface area contributed by atoms with Gasteiger partial charge in [-0.3, -0.25) is 4.79 Å². The van der Waals surface area contributed by atoms with Crippen LogP contribution in [0.15, 0.2) is 24.3 Å². The van der Waals surface area contributed by atoms with Crippen molar-refractivity contribution in [1.29, 1.82) is 5.26 Å². The van der Waals surface area contributed by atoms with Gasteiger partial charge in [0.05, 0.1) is 38.6 Å². The molecule has 1 saturated heterocycles. The second kappa shape index (κ2) is 9.91. The zero-order valence-electron chi connectivity index (χ0n) is 21.9. The molecule has 1 aliphatic heterocycles. The number of carbonyl (C=O) groups is 1. The topological polar surface area (TPSA) is 91.1 Å². The van der Waals surface area contributed by atoms with Crippen molar-refractivity contribution < 1.29 is 22.0 Å². The zero-order chi connectivity index (χ0) is 27.4. The van der Waals surface area contributed by atoms with Gasteiger partial charge in [-0.2, -0.15) is 5.26 Å². The van der Waals surface area contributed by atoms with Gasteiger partial charge in [0.25, 0.3) is 0 Å². The third-order valence-corrected chi connectivity index (χ3v) is 12.0. The molecule has 0 radical (unpaired) electrons. The number of sulfone groups is 1. The number of benzene rings is 1. The lowest BCUT2D eigenvalue weighted by Gasteiger charge is -2.33. The van der Waals surface area contributed by atoms with E-state index in [2.05, 4.69) is 11.0 Å².